The zero-order valence-electron chi connectivity index (χ0n) is 17.1. The average molecular weight is 418 g/mol. The van der Waals surface area contributed by atoms with Crippen molar-refractivity contribution in [3.63, 3.8) is 0 Å². The largest absolute Gasteiger partial charge is 0.534 e. The Morgan fingerprint density at radius 3 is 1.93 bits per heavy atom. The molecule has 4 aromatic rings. The van der Waals surface area contributed by atoms with Crippen molar-refractivity contribution in [1.29, 1.82) is 0 Å². The van der Waals surface area contributed by atoms with Crippen LogP contribution in [0.15, 0.2) is 92.9 Å². The highest BCUT2D eigenvalue weighted by atomic mass is 28.4. The molecule has 0 unspecified atom stereocenters. The van der Waals surface area contributed by atoms with Gasteiger partial charge in [0.15, 0.2) is 0 Å². The van der Waals surface area contributed by atoms with E-state index in [1.807, 2.05) is 36.4 Å². The van der Waals surface area contributed by atoms with Gasteiger partial charge in [-0.2, -0.15) is 0 Å². The van der Waals surface area contributed by atoms with Crippen LogP contribution in [-0.2, 0) is 0 Å². The topological polar surface area (TPSA) is 72.3 Å². The van der Waals surface area contributed by atoms with Crippen molar-refractivity contribution in [2.75, 3.05) is 0 Å². The summed E-state index contributed by atoms with van der Waals surface area (Å²) in [6, 6.07) is 25.6. The highest BCUT2D eigenvalue weighted by Gasteiger charge is 2.52. The number of fused-ring (bicyclic) bond motifs is 1. The number of nitrogens with one attached hydrogen (secondary N) is 1. The molecule has 0 aliphatic carbocycles. The third-order valence-electron chi connectivity index (χ3n) is 5.32. The molecule has 0 aliphatic rings. The Balaban J connectivity index is 1.96. The normalized spacial score (nSPS) is 12.1. The van der Waals surface area contributed by atoms with Crippen LogP contribution in [0, 0.1) is 0 Å². The second-order valence-corrected chi connectivity index (χ2v) is 12.5. The Bertz CT molecular complexity index is 1250. The van der Waals surface area contributed by atoms with E-state index in [-0.39, 0.29) is 10.4 Å². The van der Waals surface area contributed by atoms with Crippen LogP contribution in [-0.4, -0.2) is 13.3 Å². The number of rotatable bonds is 4. The van der Waals surface area contributed by atoms with Crippen molar-refractivity contribution in [2.45, 2.75) is 25.8 Å². The van der Waals surface area contributed by atoms with E-state index in [1.54, 1.807) is 18.2 Å². The second-order valence-electron chi connectivity index (χ2n) is 8.27. The quantitative estimate of drug-likeness (QED) is 0.517. The van der Waals surface area contributed by atoms with E-state index < -0.39 is 19.7 Å². The summed E-state index contributed by atoms with van der Waals surface area (Å²) in [5.74, 6) is -0.204. The van der Waals surface area contributed by atoms with Gasteiger partial charge in [0.2, 0.25) is 0 Å². The van der Waals surface area contributed by atoms with Crippen LogP contribution in [0.4, 0.5) is 0 Å². The molecule has 0 amide bonds. The Morgan fingerprint density at radius 1 is 0.833 bits per heavy atom. The lowest BCUT2D eigenvalue weighted by Gasteiger charge is -2.43. The van der Waals surface area contributed by atoms with Gasteiger partial charge >= 0.3 is 19.7 Å². The summed E-state index contributed by atoms with van der Waals surface area (Å²) in [4.78, 5) is 26.2. The fraction of sp³-hybridized carbons (Fsp3) is 0.167. The van der Waals surface area contributed by atoms with E-state index in [2.05, 4.69) is 50.0 Å². The van der Waals surface area contributed by atoms with Crippen molar-refractivity contribution < 1.29 is 8.84 Å². The molecule has 1 N–H and O–H groups in total. The minimum atomic E-state index is -2.81. The van der Waals surface area contributed by atoms with E-state index in [1.165, 1.54) is 0 Å². The number of aromatic amines is 1. The molecule has 30 heavy (non-hydrogen) atoms. The van der Waals surface area contributed by atoms with Gasteiger partial charge in [-0.25, -0.2) is 9.59 Å². The van der Waals surface area contributed by atoms with Gasteiger partial charge < -0.3 is 8.84 Å². The molecule has 3 aromatic carbocycles. The Hall–Kier alpha value is -3.38. The Kier molecular flexibility index (Phi) is 4.95. The molecule has 0 bridgehead atoms. The van der Waals surface area contributed by atoms with Gasteiger partial charge in [0.1, 0.15) is 5.75 Å². The zero-order chi connectivity index (χ0) is 21.4. The maximum atomic E-state index is 12.2. The minimum Gasteiger partial charge on any atom is -0.534 e. The second kappa shape index (κ2) is 7.46. The van der Waals surface area contributed by atoms with Gasteiger partial charge in [-0.1, -0.05) is 81.4 Å². The molecule has 6 heteroatoms. The predicted molar refractivity (Wildman–Crippen MR) is 121 cm³/mol. The molecule has 4 rings (SSSR count). The third kappa shape index (κ3) is 3.39. The molecule has 1 aromatic heterocycles. The standard InChI is InChI=1S/C24H23NO4Si/c1-24(2,3)30(18-10-6-4-7-11-18,19-12-8-5-9-13-19)29-17-14-15-21-20(16-17)22(26)28-23(27)25-21/h4-16H,1-3H3,(H,25,27). The van der Waals surface area contributed by atoms with Crippen LogP contribution in [0.2, 0.25) is 5.04 Å². The summed E-state index contributed by atoms with van der Waals surface area (Å²) >= 11 is 0. The van der Waals surface area contributed by atoms with E-state index in [0.29, 0.717) is 11.3 Å². The minimum absolute atomic E-state index is 0.208. The summed E-state index contributed by atoms with van der Waals surface area (Å²) in [6.07, 6.45) is 0. The smallest absolute Gasteiger partial charge is 0.419 e. The lowest BCUT2D eigenvalue weighted by molar-refractivity contribution is 0.459. The maximum Gasteiger partial charge on any atom is 0.419 e. The summed E-state index contributed by atoms with van der Waals surface area (Å²) < 4.78 is 11.6. The summed E-state index contributed by atoms with van der Waals surface area (Å²) in [6.45, 7) is 6.56. The predicted octanol–water partition coefficient (Wildman–Crippen LogP) is 3.42. The fourth-order valence-electron chi connectivity index (χ4n) is 3.97. The van der Waals surface area contributed by atoms with Crippen molar-refractivity contribution in [2.24, 2.45) is 0 Å². The van der Waals surface area contributed by atoms with Gasteiger partial charge in [-0.3, -0.25) is 4.98 Å². The van der Waals surface area contributed by atoms with Crippen molar-refractivity contribution in [3.05, 3.63) is 99.8 Å². The number of benzene rings is 3. The van der Waals surface area contributed by atoms with E-state index in [0.717, 1.165) is 10.4 Å². The van der Waals surface area contributed by atoms with Crippen LogP contribution in [0.3, 0.4) is 0 Å². The van der Waals surface area contributed by atoms with Gasteiger partial charge in [-0.15, -0.1) is 0 Å². The fourth-order valence-corrected chi connectivity index (χ4v) is 8.38. The first-order chi connectivity index (χ1) is 14.3. The van der Waals surface area contributed by atoms with E-state index >= 15 is 0 Å². The van der Waals surface area contributed by atoms with Gasteiger partial charge in [0, 0.05) is 0 Å². The molecule has 0 saturated heterocycles. The summed E-state index contributed by atoms with van der Waals surface area (Å²) in [7, 11) is -2.81. The van der Waals surface area contributed by atoms with Crippen molar-refractivity contribution in [3.8, 4) is 5.75 Å². The summed E-state index contributed by atoms with van der Waals surface area (Å²) in [5.41, 5.74) is -0.257. The first kappa shape index (κ1) is 19.9. The average Bonchev–Trinajstić information content (AvgIpc) is 2.72. The Morgan fingerprint density at radius 2 is 1.40 bits per heavy atom. The van der Waals surface area contributed by atoms with Crippen LogP contribution in [0.5, 0.6) is 5.75 Å². The number of hydrogen-bond acceptors (Lipinski definition) is 4. The third-order valence-corrected chi connectivity index (χ3v) is 10.3. The van der Waals surface area contributed by atoms with E-state index in [4.69, 9.17) is 8.84 Å². The molecule has 5 nitrogen and oxygen atoms in total. The number of H-pyrrole nitrogens is 1. The van der Waals surface area contributed by atoms with Crippen molar-refractivity contribution >= 4 is 29.6 Å². The first-order valence-corrected chi connectivity index (χ1v) is 11.7. The summed E-state index contributed by atoms with van der Waals surface area (Å²) in [5, 5.41) is 2.35. The van der Waals surface area contributed by atoms with E-state index in [9.17, 15) is 9.59 Å². The molecule has 152 valence electrons. The molecular formula is C24H23NO4Si. The highest BCUT2D eigenvalue weighted by molar-refractivity contribution is 7.00. The highest BCUT2D eigenvalue weighted by Crippen LogP contribution is 2.37. The van der Waals surface area contributed by atoms with Crippen LogP contribution < -0.4 is 26.2 Å². The molecular weight excluding hydrogens is 394 g/mol. The van der Waals surface area contributed by atoms with Gasteiger partial charge in [-0.05, 0) is 33.6 Å². The molecule has 0 aliphatic heterocycles. The number of hydrogen-bond donors (Lipinski definition) is 1. The zero-order valence-corrected chi connectivity index (χ0v) is 18.1. The first-order valence-electron chi connectivity index (χ1n) is 9.78. The van der Waals surface area contributed by atoms with Crippen LogP contribution in [0.1, 0.15) is 20.8 Å². The molecule has 0 atom stereocenters. The van der Waals surface area contributed by atoms with Crippen LogP contribution >= 0.6 is 0 Å². The molecule has 0 radical (unpaired) electrons. The number of aromatic nitrogens is 1. The Labute approximate surface area is 175 Å². The molecule has 0 saturated carbocycles. The SMILES string of the molecule is CC(C)(C)[Si](Oc1ccc2[nH]c(=O)oc(=O)c2c1)(c1ccccc1)c1ccccc1. The van der Waals surface area contributed by atoms with Crippen LogP contribution in [0.25, 0.3) is 10.9 Å². The van der Waals surface area contributed by atoms with Crippen molar-refractivity contribution in [1.82, 2.24) is 4.98 Å². The van der Waals surface area contributed by atoms with Gasteiger partial charge in [0.25, 0.3) is 0 Å². The maximum absolute atomic E-state index is 12.2. The lowest BCUT2D eigenvalue weighted by atomic mass is 10.2. The molecule has 0 fully saturated rings. The molecule has 0 spiro atoms. The van der Waals surface area contributed by atoms with Gasteiger partial charge in [0.05, 0.1) is 10.9 Å². The lowest BCUT2D eigenvalue weighted by Crippen LogP contribution is -2.68. The monoisotopic (exact) mass is 417 g/mol. The molecule has 1 heterocycles.